The second-order valence-corrected chi connectivity index (χ2v) is 5.55. The first kappa shape index (κ1) is 13.9. The van der Waals surface area contributed by atoms with Crippen molar-refractivity contribution >= 4 is 17.4 Å². The maximum absolute atomic E-state index is 11.4. The number of thiazole rings is 1. The molecule has 0 unspecified atom stereocenters. The van der Waals surface area contributed by atoms with E-state index in [1.165, 1.54) is 11.3 Å². The molecule has 0 fully saturated rings. The second kappa shape index (κ2) is 5.97. The summed E-state index contributed by atoms with van der Waals surface area (Å²) >= 11 is 1.54. The molecule has 96 valence electrons. The molecule has 0 saturated carbocycles. The maximum atomic E-state index is 11.4. The molecule has 0 spiro atoms. The van der Waals surface area contributed by atoms with Gasteiger partial charge in [-0.15, -0.1) is 11.3 Å². The summed E-state index contributed by atoms with van der Waals surface area (Å²) in [5, 5.41) is 4.59. The minimum absolute atomic E-state index is 0.149. The van der Waals surface area contributed by atoms with E-state index in [1.807, 2.05) is 26.2 Å². The largest absolute Gasteiger partial charge is 0.444 e. The van der Waals surface area contributed by atoms with E-state index in [2.05, 4.69) is 10.3 Å². The number of amides is 1. The quantitative estimate of drug-likeness (QED) is 0.857. The van der Waals surface area contributed by atoms with Gasteiger partial charge in [-0.2, -0.15) is 0 Å². The molecule has 1 rings (SSSR count). The molecule has 17 heavy (non-hydrogen) atoms. The van der Waals surface area contributed by atoms with Crippen LogP contribution in [0.4, 0.5) is 4.79 Å². The number of nitrogens with zero attached hydrogens (tertiary/aromatic N) is 1. The third-order valence-electron chi connectivity index (χ3n) is 1.86. The van der Waals surface area contributed by atoms with Gasteiger partial charge in [0.2, 0.25) is 0 Å². The molecule has 0 aliphatic rings. The van der Waals surface area contributed by atoms with Gasteiger partial charge in [0.25, 0.3) is 0 Å². The standard InChI is InChI=1S/C11H19N3O2S/c1-11(2,3)16-10(15)13-5-8(12)4-9-6-17-7-14-9/h6-8H,4-5,12H2,1-3H3,(H,13,15)/t8-/m0/s1. The summed E-state index contributed by atoms with van der Waals surface area (Å²) in [5.74, 6) is 0. The summed E-state index contributed by atoms with van der Waals surface area (Å²) < 4.78 is 5.10. The zero-order valence-electron chi connectivity index (χ0n) is 10.4. The Bertz CT molecular complexity index is 346. The highest BCUT2D eigenvalue weighted by molar-refractivity contribution is 7.07. The molecule has 0 aliphatic heterocycles. The Morgan fingerprint density at radius 1 is 1.65 bits per heavy atom. The van der Waals surface area contributed by atoms with E-state index in [0.29, 0.717) is 13.0 Å². The van der Waals surface area contributed by atoms with Gasteiger partial charge in [-0.3, -0.25) is 0 Å². The van der Waals surface area contributed by atoms with Crippen LogP contribution >= 0.6 is 11.3 Å². The number of aromatic nitrogens is 1. The van der Waals surface area contributed by atoms with Crippen molar-refractivity contribution in [1.82, 2.24) is 10.3 Å². The molecule has 1 aromatic heterocycles. The van der Waals surface area contributed by atoms with Gasteiger partial charge in [0.1, 0.15) is 5.60 Å². The molecule has 0 bridgehead atoms. The van der Waals surface area contributed by atoms with Crippen LogP contribution in [0.5, 0.6) is 0 Å². The zero-order chi connectivity index (χ0) is 12.9. The summed E-state index contributed by atoms with van der Waals surface area (Å²) in [4.78, 5) is 15.5. The van der Waals surface area contributed by atoms with Crippen molar-refractivity contribution in [1.29, 1.82) is 0 Å². The van der Waals surface area contributed by atoms with Crippen LogP contribution in [-0.4, -0.2) is 29.3 Å². The van der Waals surface area contributed by atoms with Gasteiger partial charge in [-0.05, 0) is 20.8 Å². The average molecular weight is 257 g/mol. The summed E-state index contributed by atoms with van der Waals surface area (Å²) in [5.41, 5.74) is 8.11. The van der Waals surface area contributed by atoms with Crippen LogP contribution in [-0.2, 0) is 11.2 Å². The van der Waals surface area contributed by atoms with Crippen LogP contribution in [0.2, 0.25) is 0 Å². The monoisotopic (exact) mass is 257 g/mol. The van der Waals surface area contributed by atoms with Crippen molar-refractivity contribution in [2.24, 2.45) is 5.73 Å². The van der Waals surface area contributed by atoms with Crippen LogP contribution in [0.25, 0.3) is 0 Å². The molecule has 5 nitrogen and oxygen atoms in total. The number of carbonyl (C=O) groups is 1. The number of nitrogens with two attached hydrogens (primary N) is 1. The third-order valence-corrected chi connectivity index (χ3v) is 2.50. The van der Waals surface area contributed by atoms with Gasteiger partial charge in [-0.1, -0.05) is 0 Å². The first-order valence-electron chi connectivity index (χ1n) is 5.46. The predicted molar refractivity (Wildman–Crippen MR) is 68.0 cm³/mol. The van der Waals surface area contributed by atoms with Gasteiger partial charge >= 0.3 is 6.09 Å². The lowest BCUT2D eigenvalue weighted by atomic mass is 10.2. The van der Waals surface area contributed by atoms with Crippen molar-refractivity contribution in [3.05, 3.63) is 16.6 Å². The van der Waals surface area contributed by atoms with Crippen molar-refractivity contribution < 1.29 is 9.53 Å². The van der Waals surface area contributed by atoms with Crippen LogP contribution in [0.15, 0.2) is 10.9 Å². The molecular formula is C11H19N3O2S. The van der Waals surface area contributed by atoms with Gasteiger partial charge in [0, 0.05) is 24.4 Å². The Labute approximate surface area is 105 Å². The molecule has 3 N–H and O–H groups in total. The van der Waals surface area contributed by atoms with E-state index in [-0.39, 0.29) is 6.04 Å². The van der Waals surface area contributed by atoms with Crippen molar-refractivity contribution in [2.45, 2.75) is 38.8 Å². The highest BCUT2D eigenvalue weighted by Gasteiger charge is 2.16. The summed E-state index contributed by atoms with van der Waals surface area (Å²) in [7, 11) is 0. The van der Waals surface area contributed by atoms with E-state index >= 15 is 0 Å². The van der Waals surface area contributed by atoms with E-state index in [4.69, 9.17) is 10.5 Å². The van der Waals surface area contributed by atoms with E-state index in [0.717, 1.165) is 5.69 Å². The lowest BCUT2D eigenvalue weighted by Gasteiger charge is -2.20. The minimum Gasteiger partial charge on any atom is -0.444 e. The number of carbonyl (C=O) groups excluding carboxylic acids is 1. The van der Waals surface area contributed by atoms with Gasteiger partial charge in [-0.25, -0.2) is 9.78 Å². The average Bonchev–Trinajstić information content (AvgIpc) is 2.64. The van der Waals surface area contributed by atoms with Crippen LogP contribution in [0.3, 0.4) is 0 Å². The molecule has 0 aliphatic carbocycles. The number of nitrogens with one attached hydrogen (secondary N) is 1. The van der Waals surface area contributed by atoms with Crippen molar-refractivity contribution in [3.63, 3.8) is 0 Å². The smallest absolute Gasteiger partial charge is 0.407 e. The number of rotatable bonds is 4. The molecule has 0 radical (unpaired) electrons. The summed E-state index contributed by atoms with van der Waals surface area (Å²) in [6.07, 6.45) is 0.213. The topological polar surface area (TPSA) is 77.2 Å². The van der Waals surface area contributed by atoms with Crippen LogP contribution in [0, 0.1) is 0 Å². The number of hydrogen-bond donors (Lipinski definition) is 2. The third kappa shape index (κ3) is 6.23. The molecule has 6 heteroatoms. The normalized spacial score (nSPS) is 13.2. The second-order valence-electron chi connectivity index (χ2n) is 4.83. The summed E-state index contributed by atoms with van der Waals surface area (Å²) in [6, 6.07) is -0.149. The summed E-state index contributed by atoms with van der Waals surface area (Å²) in [6.45, 7) is 5.85. The molecule has 0 aromatic carbocycles. The molecule has 1 aromatic rings. The van der Waals surface area contributed by atoms with Crippen molar-refractivity contribution in [3.8, 4) is 0 Å². The van der Waals surface area contributed by atoms with Gasteiger partial charge < -0.3 is 15.8 Å². The predicted octanol–water partition coefficient (Wildman–Crippen LogP) is 1.54. The van der Waals surface area contributed by atoms with Gasteiger partial charge in [0.15, 0.2) is 0 Å². The van der Waals surface area contributed by atoms with E-state index in [9.17, 15) is 4.79 Å². The fourth-order valence-corrected chi connectivity index (χ4v) is 1.78. The highest BCUT2D eigenvalue weighted by Crippen LogP contribution is 2.06. The fourth-order valence-electron chi connectivity index (χ4n) is 1.21. The first-order chi connectivity index (χ1) is 7.87. The SMILES string of the molecule is CC(C)(C)OC(=O)NC[C@@H](N)Cc1cscn1. The molecular weight excluding hydrogens is 238 g/mol. The lowest BCUT2D eigenvalue weighted by Crippen LogP contribution is -2.41. The highest BCUT2D eigenvalue weighted by atomic mass is 32.1. The number of hydrogen-bond acceptors (Lipinski definition) is 5. The number of ether oxygens (including phenoxy) is 1. The molecule has 1 amide bonds. The first-order valence-corrected chi connectivity index (χ1v) is 6.40. The van der Waals surface area contributed by atoms with Gasteiger partial charge in [0.05, 0.1) is 11.2 Å². The Morgan fingerprint density at radius 3 is 2.88 bits per heavy atom. The Morgan fingerprint density at radius 2 is 2.35 bits per heavy atom. The Kier molecular flexibility index (Phi) is 4.89. The van der Waals surface area contributed by atoms with E-state index in [1.54, 1.807) is 5.51 Å². The Hall–Kier alpha value is -1.14. The van der Waals surface area contributed by atoms with Crippen molar-refractivity contribution in [2.75, 3.05) is 6.54 Å². The van der Waals surface area contributed by atoms with Crippen LogP contribution < -0.4 is 11.1 Å². The lowest BCUT2D eigenvalue weighted by molar-refractivity contribution is 0.0524. The molecule has 1 atom stereocenters. The fraction of sp³-hybridized carbons (Fsp3) is 0.636. The Balaban J connectivity index is 2.24. The molecule has 1 heterocycles. The van der Waals surface area contributed by atoms with E-state index < -0.39 is 11.7 Å². The molecule has 0 saturated heterocycles. The maximum Gasteiger partial charge on any atom is 0.407 e. The minimum atomic E-state index is -0.483. The van der Waals surface area contributed by atoms with Crippen LogP contribution in [0.1, 0.15) is 26.5 Å². The zero-order valence-corrected chi connectivity index (χ0v) is 11.2. The number of alkyl carbamates (subject to hydrolysis) is 1.